The summed E-state index contributed by atoms with van der Waals surface area (Å²) in [5.74, 6) is 1.79. The second-order valence-electron chi connectivity index (χ2n) is 18.1. The smallest absolute Gasteiger partial charge is 0.132 e. The topological polar surface area (TPSA) is 12.5 Å². The molecule has 2 atom stereocenters. The van der Waals surface area contributed by atoms with Gasteiger partial charge in [-0.25, -0.2) is 0 Å². The highest BCUT2D eigenvalue weighted by atomic mass is 16.5. The molecule has 0 amide bonds. The Kier molecular flexibility index (Phi) is 9.39. The van der Waals surface area contributed by atoms with Crippen molar-refractivity contribution >= 4 is 27.7 Å². The monoisotopic (exact) mass is 857 g/mol. The van der Waals surface area contributed by atoms with E-state index in [0.29, 0.717) is 0 Å². The molecule has 2 unspecified atom stereocenters. The molecule has 0 bridgehead atoms. The number of nitrogens with zero attached hydrogens (tertiary/aromatic N) is 1. The molecule has 2 nitrogen and oxygen atoms in total. The van der Waals surface area contributed by atoms with Crippen LogP contribution < -0.4 is 9.64 Å². The van der Waals surface area contributed by atoms with Gasteiger partial charge in [0.2, 0.25) is 0 Å². The maximum absolute atomic E-state index is 6.75. The molecule has 9 aromatic rings. The van der Waals surface area contributed by atoms with Crippen LogP contribution >= 0.6 is 0 Å². The molecule has 0 radical (unpaired) electrons. The minimum atomic E-state index is -0.593. The van der Waals surface area contributed by atoms with E-state index in [1.165, 1.54) is 77.7 Å². The van der Waals surface area contributed by atoms with Gasteiger partial charge in [0.05, 0.1) is 11.5 Å². The zero-order chi connectivity index (χ0) is 44.3. The SMILES string of the molecule is C1=CC(c2ccccc2-c2ccccc2C2=CCCC=C2)C(N(c2cccc(-c3cccc4ccccc34)c2)c2cccc3c2-c2ccccc2C32c3ccccc3Oc3ccccc32)C=C1. The van der Waals surface area contributed by atoms with Gasteiger partial charge in [0, 0.05) is 34.0 Å². The van der Waals surface area contributed by atoms with Gasteiger partial charge in [0.15, 0.2) is 0 Å². The number of hydrogen-bond donors (Lipinski definition) is 0. The summed E-state index contributed by atoms with van der Waals surface area (Å²) in [4.78, 5) is 2.65. The van der Waals surface area contributed by atoms with Crippen molar-refractivity contribution < 1.29 is 4.74 Å². The van der Waals surface area contributed by atoms with Crippen molar-refractivity contribution in [3.63, 3.8) is 0 Å². The minimum Gasteiger partial charge on any atom is -0.457 e. The number of anilines is 2. The number of fused-ring (bicyclic) bond motifs is 10. The number of rotatable bonds is 7. The first-order valence-electron chi connectivity index (χ1n) is 23.7. The third-order valence-electron chi connectivity index (χ3n) is 14.6. The van der Waals surface area contributed by atoms with E-state index < -0.39 is 5.41 Å². The molecule has 4 aliphatic rings. The van der Waals surface area contributed by atoms with Crippen molar-refractivity contribution in [1.82, 2.24) is 0 Å². The quantitative estimate of drug-likeness (QED) is 0.158. The molecule has 3 aliphatic carbocycles. The van der Waals surface area contributed by atoms with E-state index in [1.807, 2.05) is 0 Å². The summed E-state index contributed by atoms with van der Waals surface area (Å²) >= 11 is 0. The van der Waals surface area contributed by atoms with E-state index in [1.54, 1.807) is 0 Å². The van der Waals surface area contributed by atoms with Crippen LogP contribution in [0.4, 0.5) is 11.4 Å². The van der Waals surface area contributed by atoms with Crippen molar-refractivity contribution in [1.29, 1.82) is 0 Å². The zero-order valence-corrected chi connectivity index (χ0v) is 37.1. The molecule has 9 aromatic carbocycles. The zero-order valence-electron chi connectivity index (χ0n) is 37.1. The number of ether oxygens (including phenoxy) is 1. The van der Waals surface area contributed by atoms with E-state index in [9.17, 15) is 0 Å². The standard InChI is InChI=1S/C65H47NO/c1-2-21-44(22-3-1)49-28-6-7-29-51(49)52-30-8-9-31-53(52)54-32-11-15-39-60(54)66(47-26-18-25-46(43-47)50-34-19-24-45-23-4-5-27-48(45)50)61-40-20-38-59-64(61)55-33-10-12-35-56(55)65(59)57-36-13-16-41-62(57)67-63-42-17-14-37-58(63)65/h2,4-43,54,60H,1,3H2. The highest BCUT2D eigenvalue weighted by molar-refractivity contribution is 5.99. The summed E-state index contributed by atoms with van der Waals surface area (Å²) in [5.41, 5.74) is 17.9. The number of hydrogen-bond acceptors (Lipinski definition) is 2. The van der Waals surface area contributed by atoms with Gasteiger partial charge in [-0.1, -0.05) is 218 Å². The van der Waals surface area contributed by atoms with Crippen LogP contribution in [0.25, 0.3) is 49.7 Å². The van der Waals surface area contributed by atoms with Gasteiger partial charge in [-0.05, 0) is 110 Å². The lowest BCUT2D eigenvalue weighted by Crippen LogP contribution is -2.36. The molecule has 0 aromatic heterocycles. The van der Waals surface area contributed by atoms with Crippen LogP contribution in [0.3, 0.4) is 0 Å². The predicted octanol–water partition coefficient (Wildman–Crippen LogP) is 16.8. The van der Waals surface area contributed by atoms with Crippen LogP contribution in [-0.2, 0) is 5.41 Å². The summed E-state index contributed by atoms with van der Waals surface area (Å²) in [6.45, 7) is 0. The largest absolute Gasteiger partial charge is 0.457 e. The van der Waals surface area contributed by atoms with Crippen molar-refractivity contribution in [3.05, 3.63) is 282 Å². The molecule has 0 saturated carbocycles. The molecular formula is C65H47NO. The molecule has 2 heteroatoms. The van der Waals surface area contributed by atoms with Gasteiger partial charge >= 0.3 is 0 Å². The molecule has 67 heavy (non-hydrogen) atoms. The summed E-state index contributed by atoms with van der Waals surface area (Å²) < 4.78 is 6.75. The van der Waals surface area contributed by atoms with Crippen molar-refractivity contribution in [2.24, 2.45) is 0 Å². The fraction of sp³-hybridized carbons (Fsp3) is 0.0769. The molecule has 0 saturated heterocycles. The van der Waals surface area contributed by atoms with E-state index >= 15 is 0 Å². The van der Waals surface area contributed by atoms with E-state index in [4.69, 9.17) is 4.74 Å². The van der Waals surface area contributed by atoms with Crippen LogP contribution in [0, 0.1) is 0 Å². The minimum absolute atomic E-state index is 0.00246. The molecule has 1 aliphatic heterocycles. The lowest BCUT2D eigenvalue weighted by Gasteiger charge is -2.41. The normalized spacial score (nSPS) is 17.0. The Morgan fingerprint density at radius 1 is 0.478 bits per heavy atom. The van der Waals surface area contributed by atoms with E-state index in [2.05, 4.69) is 254 Å². The number of benzene rings is 9. The van der Waals surface area contributed by atoms with Gasteiger partial charge in [0.1, 0.15) is 11.5 Å². The molecule has 318 valence electrons. The summed E-state index contributed by atoms with van der Waals surface area (Å²) in [6, 6.07) is 76.1. The van der Waals surface area contributed by atoms with Crippen molar-refractivity contribution in [3.8, 4) is 44.9 Å². The van der Waals surface area contributed by atoms with Gasteiger partial charge < -0.3 is 9.64 Å². The van der Waals surface area contributed by atoms with E-state index in [-0.39, 0.29) is 12.0 Å². The predicted molar refractivity (Wildman–Crippen MR) is 278 cm³/mol. The lowest BCUT2D eigenvalue weighted by atomic mass is 9.66. The third kappa shape index (κ3) is 6.17. The lowest BCUT2D eigenvalue weighted by molar-refractivity contribution is 0.436. The van der Waals surface area contributed by atoms with Crippen LogP contribution in [0.15, 0.2) is 249 Å². The Balaban J connectivity index is 1.07. The average molecular weight is 858 g/mol. The molecular weight excluding hydrogens is 811 g/mol. The highest BCUT2D eigenvalue weighted by Gasteiger charge is 2.52. The average Bonchev–Trinajstić information content (AvgIpc) is 3.70. The van der Waals surface area contributed by atoms with Gasteiger partial charge in [-0.15, -0.1) is 0 Å². The Hall–Kier alpha value is -8.20. The first-order valence-corrected chi connectivity index (χ1v) is 23.7. The van der Waals surface area contributed by atoms with Crippen LogP contribution in [0.1, 0.15) is 52.1 Å². The van der Waals surface area contributed by atoms with Crippen LogP contribution in [0.5, 0.6) is 11.5 Å². The Labute approximate surface area is 392 Å². The Morgan fingerprint density at radius 3 is 1.93 bits per heavy atom. The first kappa shape index (κ1) is 39.2. The Morgan fingerprint density at radius 2 is 1.10 bits per heavy atom. The fourth-order valence-corrected chi connectivity index (χ4v) is 11.8. The Bertz CT molecular complexity index is 3500. The highest BCUT2D eigenvalue weighted by Crippen LogP contribution is 2.64. The van der Waals surface area contributed by atoms with E-state index in [0.717, 1.165) is 41.2 Å². The van der Waals surface area contributed by atoms with Crippen LogP contribution in [-0.4, -0.2) is 6.04 Å². The maximum atomic E-state index is 6.75. The van der Waals surface area contributed by atoms with Gasteiger partial charge in [-0.2, -0.15) is 0 Å². The van der Waals surface area contributed by atoms with Crippen molar-refractivity contribution in [2.45, 2.75) is 30.2 Å². The molecule has 1 heterocycles. The summed E-state index contributed by atoms with van der Waals surface area (Å²) in [7, 11) is 0. The molecule has 0 N–H and O–H groups in total. The summed E-state index contributed by atoms with van der Waals surface area (Å²) in [6.07, 6.45) is 18.5. The number of para-hydroxylation sites is 2. The fourth-order valence-electron chi connectivity index (χ4n) is 11.8. The first-order chi connectivity index (χ1) is 33.3. The van der Waals surface area contributed by atoms with Crippen molar-refractivity contribution in [2.75, 3.05) is 4.90 Å². The second-order valence-corrected chi connectivity index (χ2v) is 18.1. The van der Waals surface area contributed by atoms with Gasteiger partial charge in [-0.3, -0.25) is 0 Å². The van der Waals surface area contributed by atoms with Gasteiger partial charge in [0.25, 0.3) is 0 Å². The molecule has 13 rings (SSSR count). The molecule has 0 fully saturated rings. The van der Waals surface area contributed by atoms with Crippen LogP contribution in [0.2, 0.25) is 0 Å². The third-order valence-corrected chi connectivity index (χ3v) is 14.6. The maximum Gasteiger partial charge on any atom is 0.132 e. The molecule has 1 spiro atoms. The number of allylic oxidation sites excluding steroid dienone is 6. The second kappa shape index (κ2) is 16.0. The summed E-state index contributed by atoms with van der Waals surface area (Å²) in [5, 5.41) is 2.48.